The molecule has 3 heterocycles. The summed E-state index contributed by atoms with van der Waals surface area (Å²) in [6.07, 6.45) is 2.23. The second-order valence-electron chi connectivity index (χ2n) is 8.62. The molecule has 0 bridgehead atoms. The normalized spacial score (nSPS) is 19.0. The van der Waals surface area contributed by atoms with E-state index in [2.05, 4.69) is 15.3 Å². The van der Waals surface area contributed by atoms with E-state index in [1.165, 1.54) is 29.1 Å². The van der Waals surface area contributed by atoms with Crippen molar-refractivity contribution in [3.63, 3.8) is 0 Å². The fraction of sp³-hybridized carbons (Fsp3) is 0.240. The minimum atomic E-state index is -4.64. The van der Waals surface area contributed by atoms with Gasteiger partial charge in [0.15, 0.2) is 6.20 Å². The molecule has 0 spiro atoms. The fourth-order valence-corrected chi connectivity index (χ4v) is 4.30. The molecule has 7 nitrogen and oxygen atoms in total. The Morgan fingerprint density at radius 3 is 2.64 bits per heavy atom. The second-order valence-corrected chi connectivity index (χ2v) is 8.62. The number of benzene rings is 2. The molecule has 0 aliphatic carbocycles. The number of nitrogens with zero attached hydrogens (tertiary/aromatic N) is 6. The molecule has 5 rings (SSSR count). The molecule has 2 aliphatic heterocycles. The molecule has 0 saturated carbocycles. The third kappa shape index (κ3) is 4.81. The highest BCUT2D eigenvalue weighted by atomic mass is 19.4. The number of carbonyl (C=O) groups is 1. The SMILES string of the molecule is Cc1cn(-c2ccc(C3=C/[N+](=C\C4CCc5c(F)cccc5N(CC(F)(F)F)C4=O)N=N3)cc2)cn1. The minimum Gasteiger partial charge on any atom is -0.306 e. The van der Waals surface area contributed by atoms with Crippen molar-refractivity contribution in [1.29, 1.82) is 0 Å². The average Bonchev–Trinajstić information content (AvgIpc) is 3.46. The molecule has 0 fully saturated rings. The number of halogens is 4. The van der Waals surface area contributed by atoms with Crippen molar-refractivity contribution in [2.75, 3.05) is 11.4 Å². The van der Waals surface area contributed by atoms with Crippen LogP contribution in [0.1, 0.15) is 23.2 Å². The summed E-state index contributed by atoms with van der Waals surface area (Å²) in [6.45, 7) is 0.397. The standard InChI is InChI=1S/C25H21F4N6O/c1-16-11-33(15-30-16)19-8-5-17(6-9-19)22-13-34(32-31-22)12-18-7-10-20-21(26)3-2-4-23(20)35(24(18)36)14-25(27,28)29/h2-6,8-9,11-13,15,18H,7,10,14H2,1H3/q+1/b34-12+. The summed E-state index contributed by atoms with van der Waals surface area (Å²) < 4.78 is 57.5. The van der Waals surface area contributed by atoms with E-state index in [-0.39, 0.29) is 24.1 Å². The summed E-state index contributed by atoms with van der Waals surface area (Å²) in [5.74, 6) is -2.35. The predicted octanol–water partition coefficient (Wildman–Crippen LogP) is 5.24. The summed E-state index contributed by atoms with van der Waals surface area (Å²) in [5.41, 5.74) is 3.15. The molecule has 1 aromatic heterocycles. The molecule has 0 N–H and O–H groups in total. The molecule has 2 aliphatic rings. The molecule has 2 aromatic carbocycles. The van der Waals surface area contributed by atoms with E-state index in [0.29, 0.717) is 10.6 Å². The van der Waals surface area contributed by atoms with Crippen LogP contribution in [0.5, 0.6) is 0 Å². The average molecular weight is 497 g/mol. The molecular weight excluding hydrogens is 476 g/mol. The number of hydrogen-bond acceptors (Lipinski definition) is 4. The van der Waals surface area contributed by atoms with E-state index >= 15 is 0 Å². The van der Waals surface area contributed by atoms with Crippen LogP contribution in [0.4, 0.5) is 23.2 Å². The number of rotatable bonds is 4. The third-order valence-electron chi connectivity index (χ3n) is 6.03. The van der Waals surface area contributed by atoms with Gasteiger partial charge >= 0.3 is 6.18 Å². The van der Waals surface area contributed by atoms with Crippen molar-refractivity contribution in [3.05, 3.63) is 83.8 Å². The Labute approximate surface area is 203 Å². The van der Waals surface area contributed by atoms with Crippen LogP contribution < -0.4 is 4.90 Å². The van der Waals surface area contributed by atoms with Gasteiger partial charge in [0.2, 0.25) is 5.91 Å². The Balaban J connectivity index is 1.40. The predicted molar refractivity (Wildman–Crippen MR) is 124 cm³/mol. The van der Waals surface area contributed by atoms with Gasteiger partial charge in [0.1, 0.15) is 23.8 Å². The smallest absolute Gasteiger partial charge is 0.306 e. The van der Waals surface area contributed by atoms with Crippen LogP contribution in [-0.2, 0) is 11.2 Å². The van der Waals surface area contributed by atoms with Crippen LogP contribution >= 0.6 is 0 Å². The lowest BCUT2D eigenvalue weighted by molar-refractivity contribution is -0.460. The fourth-order valence-electron chi connectivity index (χ4n) is 4.30. The summed E-state index contributed by atoms with van der Waals surface area (Å²) in [4.78, 5) is 18.0. The highest BCUT2D eigenvalue weighted by Gasteiger charge is 2.39. The third-order valence-corrected chi connectivity index (χ3v) is 6.03. The van der Waals surface area contributed by atoms with Gasteiger partial charge in [-0.3, -0.25) is 4.79 Å². The van der Waals surface area contributed by atoms with E-state index < -0.39 is 30.4 Å². The minimum absolute atomic E-state index is 0.0549. The van der Waals surface area contributed by atoms with Gasteiger partial charge in [-0.05, 0) is 56.2 Å². The Bertz CT molecular complexity index is 1400. The molecule has 11 heteroatoms. The molecule has 0 saturated heterocycles. The Morgan fingerprint density at radius 2 is 1.94 bits per heavy atom. The number of hydrogen-bond donors (Lipinski definition) is 0. The summed E-state index contributed by atoms with van der Waals surface area (Å²) >= 11 is 0. The number of fused-ring (bicyclic) bond motifs is 1. The first-order valence-corrected chi connectivity index (χ1v) is 11.2. The zero-order valence-electron chi connectivity index (χ0n) is 19.2. The zero-order valence-corrected chi connectivity index (χ0v) is 19.2. The highest BCUT2D eigenvalue weighted by molar-refractivity contribution is 6.04. The van der Waals surface area contributed by atoms with Gasteiger partial charge in [-0.1, -0.05) is 6.07 Å². The van der Waals surface area contributed by atoms with Crippen LogP contribution in [0, 0.1) is 18.7 Å². The van der Waals surface area contributed by atoms with E-state index in [1.54, 1.807) is 12.5 Å². The van der Waals surface area contributed by atoms with Crippen molar-refractivity contribution in [2.45, 2.75) is 25.9 Å². The van der Waals surface area contributed by atoms with Crippen LogP contribution in [0.25, 0.3) is 11.4 Å². The maximum Gasteiger partial charge on any atom is 0.406 e. The van der Waals surface area contributed by atoms with E-state index in [4.69, 9.17) is 0 Å². The molecule has 36 heavy (non-hydrogen) atoms. The number of alkyl halides is 3. The van der Waals surface area contributed by atoms with Crippen molar-refractivity contribution in [3.8, 4) is 5.69 Å². The second kappa shape index (κ2) is 9.14. The van der Waals surface area contributed by atoms with E-state index in [0.717, 1.165) is 16.9 Å². The van der Waals surface area contributed by atoms with Gasteiger partial charge in [0.05, 0.1) is 28.7 Å². The lowest BCUT2D eigenvalue weighted by atomic mass is 10.0. The van der Waals surface area contributed by atoms with Gasteiger partial charge in [-0.25, -0.2) is 9.37 Å². The molecule has 1 atom stereocenters. The summed E-state index contributed by atoms with van der Waals surface area (Å²) in [5, 5.41) is 8.17. The van der Waals surface area contributed by atoms with E-state index in [1.807, 2.05) is 42.0 Å². The first-order valence-electron chi connectivity index (χ1n) is 11.2. The zero-order chi connectivity index (χ0) is 25.4. The Kier molecular flexibility index (Phi) is 5.99. The van der Waals surface area contributed by atoms with Crippen molar-refractivity contribution >= 4 is 23.5 Å². The van der Waals surface area contributed by atoms with Gasteiger partial charge < -0.3 is 9.47 Å². The Hall–Kier alpha value is -4.15. The summed E-state index contributed by atoms with van der Waals surface area (Å²) in [6, 6.07) is 11.3. The lowest BCUT2D eigenvalue weighted by Gasteiger charge is -2.25. The quantitative estimate of drug-likeness (QED) is 0.366. The van der Waals surface area contributed by atoms with Crippen molar-refractivity contribution in [1.82, 2.24) is 9.55 Å². The number of aromatic nitrogens is 2. The van der Waals surface area contributed by atoms with Crippen LogP contribution in [-0.4, -0.2) is 39.1 Å². The molecule has 3 aromatic rings. The van der Waals surface area contributed by atoms with Crippen LogP contribution in [0.3, 0.4) is 0 Å². The first kappa shape index (κ1) is 23.6. The van der Waals surface area contributed by atoms with Crippen molar-refractivity contribution < 1.29 is 27.0 Å². The van der Waals surface area contributed by atoms with Crippen molar-refractivity contribution in [2.24, 2.45) is 16.3 Å². The van der Waals surface area contributed by atoms with Crippen LogP contribution in [0.2, 0.25) is 0 Å². The van der Waals surface area contributed by atoms with E-state index in [9.17, 15) is 22.4 Å². The largest absolute Gasteiger partial charge is 0.406 e. The monoisotopic (exact) mass is 497 g/mol. The Morgan fingerprint density at radius 1 is 1.17 bits per heavy atom. The molecule has 1 unspecified atom stereocenters. The number of aryl methyl sites for hydroxylation is 1. The topological polar surface area (TPSA) is 65.9 Å². The number of carbonyl (C=O) groups excluding carboxylic acids is 1. The van der Waals surface area contributed by atoms with Gasteiger partial charge in [0, 0.05) is 23.0 Å². The van der Waals surface area contributed by atoms with Crippen LogP contribution in [0.15, 0.2) is 71.5 Å². The van der Waals surface area contributed by atoms with Gasteiger partial charge in [0.25, 0.3) is 5.70 Å². The first-order chi connectivity index (χ1) is 17.2. The maximum atomic E-state index is 14.4. The number of imidazole rings is 1. The number of amides is 1. The number of anilines is 1. The lowest BCUT2D eigenvalue weighted by Crippen LogP contribution is -2.42. The van der Waals surface area contributed by atoms with Gasteiger partial charge in [-0.2, -0.15) is 13.2 Å². The summed E-state index contributed by atoms with van der Waals surface area (Å²) in [7, 11) is 0. The van der Waals surface area contributed by atoms with Gasteiger partial charge in [-0.15, -0.1) is 4.68 Å². The maximum absolute atomic E-state index is 14.4. The molecule has 0 radical (unpaired) electrons. The molecular formula is C25H21F4N6O+. The highest BCUT2D eigenvalue weighted by Crippen LogP contribution is 2.33. The molecule has 1 amide bonds. The molecule has 184 valence electrons.